The third kappa shape index (κ3) is 6.34. The molecular weight excluding hydrogens is 512 g/mol. The SMILES string of the molecule is COCCNC(=O)C1CCCN(Cc2ccc(COc3cccc4c3CN(C3CCC(=O)NC3=O)C4=O)cc2)C1. The molecule has 10 nitrogen and oxygen atoms in total. The van der Waals surface area contributed by atoms with Gasteiger partial charge in [-0.1, -0.05) is 30.3 Å². The Morgan fingerprint density at radius 3 is 2.65 bits per heavy atom. The van der Waals surface area contributed by atoms with Crippen molar-refractivity contribution in [3.63, 3.8) is 0 Å². The summed E-state index contributed by atoms with van der Waals surface area (Å²) in [6, 6.07) is 13.0. The summed E-state index contributed by atoms with van der Waals surface area (Å²) < 4.78 is 11.2. The Kier molecular flexibility index (Phi) is 8.76. The maximum atomic E-state index is 13.0. The highest BCUT2D eigenvalue weighted by Gasteiger charge is 2.40. The zero-order valence-electron chi connectivity index (χ0n) is 22.8. The van der Waals surface area contributed by atoms with Gasteiger partial charge in [-0.15, -0.1) is 0 Å². The van der Waals surface area contributed by atoms with Crippen LogP contribution in [0.1, 0.15) is 52.7 Å². The summed E-state index contributed by atoms with van der Waals surface area (Å²) in [5, 5.41) is 5.29. The fourth-order valence-electron chi connectivity index (χ4n) is 5.69. The van der Waals surface area contributed by atoms with E-state index >= 15 is 0 Å². The van der Waals surface area contributed by atoms with Gasteiger partial charge in [-0.25, -0.2) is 0 Å². The number of imide groups is 1. The van der Waals surface area contributed by atoms with Crippen molar-refractivity contribution in [2.24, 2.45) is 5.92 Å². The highest BCUT2D eigenvalue weighted by molar-refractivity contribution is 6.05. The zero-order valence-corrected chi connectivity index (χ0v) is 22.8. The number of piperidine rings is 2. The molecule has 2 aromatic carbocycles. The third-order valence-corrected chi connectivity index (χ3v) is 7.84. The zero-order chi connectivity index (χ0) is 28.1. The summed E-state index contributed by atoms with van der Waals surface area (Å²) in [4.78, 5) is 53.2. The van der Waals surface area contributed by atoms with Crippen molar-refractivity contribution >= 4 is 23.6 Å². The Morgan fingerprint density at radius 1 is 1.07 bits per heavy atom. The lowest BCUT2D eigenvalue weighted by Crippen LogP contribution is -2.52. The number of nitrogens with zero attached hydrogens (tertiary/aromatic N) is 2. The number of nitrogens with one attached hydrogen (secondary N) is 2. The summed E-state index contributed by atoms with van der Waals surface area (Å²) in [7, 11) is 1.63. The molecule has 2 atom stereocenters. The fraction of sp³-hybridized carbons (Fsp3) is 0.467. The lowest BCUT2D eigenvalue weighted by Gasteiger charge is -2.32. The van der Waals surface area contributed by atoms with Gasteiger partial charge in [0.05, 0.1) is 19.1 Å². The Balaban J connectivity index is 1.15. The molecule has 5 rings (SSSR count). The molecule has 2 unspecified atom stereocenters. The summed E-state index contributed by atoms with van der Waals surface area (Å²) in [5.41, 5.74) is 3.47. The van der Waals surface area contributed by atoms with Gasteiger partial charge in [-0.3, -0.25) is 29.4 Å². The second kappa shape index (κ2) is 12.6. The molecule has 0 saturated carbocycles. The average molecular weight is 549 g/mol. The first kappa shape index (κ1) is 27.8. The fourth-order valence-corrected chi connectivity index (χ4v) is 5.69. The number of likely N-dealkylation sites (tertiary alicyclic amines) is 1. The Bertz CT molecular complexity index is 1260. The first-order chi connectivity index (χ1) is 19.4. The van der Waals surface area contributed by atoms with Gasteiger partial charge < -0.3 is 19.7 Å². The van der Waals surface area contributed by atoms with Gasteiger partial charge >= 0.3 is 0 Å². The second-order valence-corrected chi connectivity index (χ2v) is 10.6. The van der Waals surface area contributed by atoms with Crippen molar-refractivity contribution in [1.82, 2.24) is 20.4 Å². The molecule has 4 amide bonds. The van der Waals surface area contributed by atoms with Crippen LogP contribution in [0.3, 0.4) is 0 Å². The van der Waals surface area contributed by atoms with Crippen molar-refractivity contribution in [1.29, 1.82) is 0 Å². The predicted molar refractivity (Wildman–Crippen MR) is 146 cm³/mol. The largest absolute Gasteiger partial charge is 0.489 e. The van der Waals surface area contributed by atoms with Crippen molar-refractivity contribution in [2.45, 2.75) is 51.4 Å². The topological polar surface area (TPSA) is 117 Å². The Morgan fingerprint density at radius 2 is 1.88 bits per heavy atom. The molecule has 10 heteroatoms. The van der Waals surface area contributed by atoms with E-state index in [1.54, 1.807) is 19.2 Å². The molecule has 2 fully saturated rings. The van der Waals surface area contributed by atoms with Crippen LogP contribution >= 0.6 is 0 Å². The maximum Gasteiger partial charge on any atom is 0.255 e. The number of rotatable bonds is 10. The summed E-state index contributed by atoms with van der Waals surface area (Å²) in [6.07, 6.45) is 2.45. The highest BCUT2D eigenvalue weighted by Crippen LogP contribution is 2.34. The minimum absolute atomic E-state index is 0.00340. The van der Waals surface area contributed by atoms with Crippen molar-refractivity contribution < 1.29 is 28.7 Å². The Hall–Kier alpha value is -3.76. The molecule has 2 aromatic rings. The predicted octanol–water partition coefficient (Wildman–Crippen LogP) is 2.00. The minimum atomic E-state index is -0.654. The van der Waals surface area contributed by atoms with Crippen LogP contribution in [0.15, 0.2) is 42.5 Å². The molecule has 0 aliphatic carbocycles. The van der Waals surface area contributed by atoms with Crippen LogP contribution in [0.5, 0.6) is 5.75 Å². The summed E-state index contributed by atoms with van der Waals surface area (Å²) >= 11 is 0. The lowest BCUT2D eigenvalue weighted by molar-refractivity contribution is -0.137. The molecule has 40 heavy (non-hydrogen) atoms. The van der Waals surface area contributed by atoms with Gasteiger partial charge in [-0.05, 0) is 49.1 Å². The van der Waals surface area contributed by atoms with E-state index in [9.17, 15) is 19.2 Å². The number of amides is 4. The molecule has 0 aromatic heterocycles. The molecule has 0 spiro atoms. The van der Waals surface area contributed by atoms with Gasteiger partial charge in [0.15, 0.2) is 0 Å². The van der Waals surface area contributed by atoms with E-state index in [4.69, 9.17) is 9.47 Å². The van der Waals surface area contributed by atoms with Gasteiger partial charge in [-0.2, -0.15) is 0 Å². The van der Waals surface area contributed by atoms with Gasteiger partial charge in [0.1, 0.15) is 18.4 Å². The van der Waals surface area contributed by atoms with E-state index in [0.29, 0.717) is 37.5 Å². The second-order valence-electron chi connectivity index (χ2n) is 10.6. The smallest absolute Gasteiger partial charge is 0.255 e. The molecule has 3 aliphatic heterocycles. The van der Waals surface area contributed by atoms with Crippen molar-refractivity contribution in [2.75, 3.05) is 33.4 Å². The molecule has 3 heterocycles. The van der Waals surface area contributed by atoms with Gasteiger partial charge in [0, 0.05) is 44.3 Å². The van der Waals surface area contributed by atoms with Crippen LogP contribution in [-0.2, 0) is 38.8 Å². The van der Waals surface area contributed by atoms with Crippen molar-refractivity contribution in [3.05, 3.63) is 64.7 Å². The molecular formula is C30H36N4O6. The standard InChI is InChI=1S/C30H36N4O6/c1-39-15-13-31-28(36)22-4-3-14-33(17-22)16-20-7-9-21(10-8-20)19-40-26-6-2-5-23-24(26)18-34(30(23)38)25-11-12-27(35)32-29(25)37/h2,5-10,22,25H,3-4,11-19H2,1H3,(H,31,36)(H,32,35,37). The number of carbonyl (C=O) groups is 4. The van der Waals surface area contributed by atoms with Crippen LogP contribution in [0, 0.1) is 5.92 Å². The molecule has 2 saturated heterocycles. The van der Waals surface area contributed by atoms with Crippen LogP contribution < -0.4 is 15.4 Å². The summed E-state index contributed by atoms with van der Waals surface area (Å²) in [6.45, 7) is 4.18. The maximum absolute atomic E-state index is 13.0. The highest BCUT2D eigenvalue weighted by atomic mass is 16.5. The number of benzene rings is 2. The number of methoxy groups -OCH3 is 1. The lowest BCUT2D eigenvalue weighted by atomic mass is 9.96. The van der Waals surface area contributed by atoms with E-state index in [2.05, 4.69) is 27.7 Å². The van der Waals surface area contributed by atoms with Crippen LogP contribution in [0.4, 0.5) is 0 Å². The molecule has 0 radical (unpaired) electrons. The molecule has 3 aliphatic rings. The third-order valence-electron chi connectivity index (χ3n) is 7.84. The number of fused-ring (bicyclic) bond motifs is 1. The normalized spacial score (nSPS) is 21.2. The quantitative estimate of drug-likeness (QED) is 0.345. The van der Waals surface area contributed by atoms with Gasteiger partial charge in [0.25, 0.3) is 5.91 Å². The number of hydrogen-bond donors (Lipinski definition) is 2. The van der Waals surface area contributed by atoms with Crippen LogP contribution in [0.25, 0.3) is 0 Å². The summed E-state index contributed by atoms with van der Waals surface area (Å²) in [5.74, 6) is -0.223. The van der Waals surface area contributed by atoms with Crippen molar-refractivity contribution in [3.8, 4) is 5.75 Å². The molecule has 2 N–H and O–H groups in total. The minimum Gasteiger partial charge on any atom is -0.489 e. The first-order valence-electron chi connectivity index (χ1n) is 13.9. The first-order valence-corrected chi connectivity index (χ1v) is 13.9. The monoisotopic (exact) mass is 548 g/mol. The number of carbonyl (C=O) groups excluding carboxylic acids is 4. The van der Waals surface area contributed by atoms with E-state index in [1.807, 2.05) is 18.2 Å². The molecule has 212 valence electrons. The van der Waals surface area contributed by atoms with E-state index < -0.39 is 11.9 Å². The Labute approximate surface area is 234 Å². The average Bonchev–Trinajstić information content (AvgIpc) is 3.29. The van der Waals surface area contributed by atoms with E-state index in [1.165, 1.54) is 10.5 Å². The molecule has 0 bridgehead atoms. The van der Waals surface area contributed by atoms with Crippen LogP contribution in [0.2, 0.25) is 0 Å². The number of hydrogen-bond acceptors (Lipinski definition) is 7. The van der Waals surface area contributed by atoms with E-state index in [-0.39, 0.29) is 36.6 Å². The van der Waals surface area contributed by atoms with Crippen LogP contribution in [-0.4, -0.2) is 72.8 Å². The van der Waals surface area contributed by atoms with Gasteiger partial charge in [0.2, 0.25) is 17.7 Å². The van der Waals surface area contributed by atoms with E-state index in [0.717, 1.165) is 43.6 Å². The number of ether oxygens (including phenoxy) is 2.